The van der Waals surface area contributed by atoms with Crippen LogP contribution < -0.4 is 15.4 Å². The monoisotopic (exact) mass is 442 g/mol. The van der Waals surface area contributed by atoms with Crippen LogP contribution in [0.2, 0.25) is 0 Å². The quantitative estimate of drug-likeness (QED) is 0.745. The zero-order valence-corrected chi connectivity index (χ0v) is 17.0. The van der Waals surface area contributed by atoms with Gasteiger partial charge in [0.1, 0.15) is 6.10 Å². The van der Waals surface area contributed by atoms with Gasteiger partial charge >= 0.3 is 12.2 Å². The lowest BCUT2D eigenvalue weighted by Gasteiger charge is -2.18. The summed E-state index contributed by atoms with van der Waals surface area (Å²) in [4.78, 5) is 30.0. The van der Waals surface area contributed by atoms with Crippen LogP contribution in [-0.4, -0.2) is 54.6 Å². The lowest BCUT2D eigenvalue weighted by atomic mass is 10.2. The topological polar surface area (TPSA) is 83.6 Å². The molecule has 0 aromatic carbocycles. The second-order valence-electron chi connectivity index (χ2n) is 7.52. The van der Waals surface area contributed by atoms with Gasteiger partial charge in [-0.15, -0.1) is 11.3 Å². The molecule has 1 aliphatic heterocycles. The highest BCUT2D eigenvalue weighted by atomic mass is 32.1. The maximum Gasteiger partial charge on any atom is 0.418 e. The molecule has 3 amide bonds. The zero-order valence-electron chi connectivity index (χ0n) is 16.2. The van der Waals surface area contributed by atoms with Crippen molar-refractivity contribution in [2.45, 2.75) is 31.5 Å². The predicted molar refractivity (Wildman–Crippen MR) is 105 cm³/mol. The molecule has 0 bridgehead atoms. The molecule has 0 radical (unpaired) electrons. The van der Waals surface area contributed by atoms with E-state index in [9.17, 15) is 22.8 Å². The van der Waals surface area contributed by atoms with Crippen LogP contribution in [0, 0.1) is 5.92 Å². The summed E-state index contributed by atoms with van der Waals surface area (Å²) in [6.45, 7) is 1.37. The molecule has 2 N–H and O–H groups in total. The number of aromatic nitrogens is 1. The second kappa shape index (κ2) is 7.93. The van der Waals surface area contributed by atoms with Crippen LogP contribution in [0.3, 0.4) is 0 Å². The van der Waals surface area contributed by atoms with Gasteiger partial charge < -0.3 is 20.3 Å². The Morgan fingerprint density at radius 2 is 2.10 bits per heavy atom. The van der Waals surface area contributed by atoms with Gasteiger partial charge in [-0.3, -0.25) is 4.79 Å². The van der Waals surface area contributed by atoms with Crippen LogP contribution in [0.4, 0.5) is 18.0 Å². The van der Waals surface area contributed by atoms with E-state index in [4.69, 9.17) is 4.74 Å². The van der Waals surface area contributed by atoms with Gasteiger partial charge in [0.25, 0.3) is 5.91 Å². The number of halogens is 3. The normalized spacial score (nSPS) is 19.2. The number of carbonyl (C=O) groups excluding carboxylic acids is 2. The van der Waals surface area contributed by atoms with Crippen molar-refractivity contribution in [1.29, 1.82) is 0 Å². The number of carbonyl (C=O) groups is 2. The van der Waals surface area contributed by atoms with Crippen molar-refractivity contribution in [3.63, 3.8) is 0 Å². The Morgan fingerprint density at radius 3 is 2.77 bits per heavy atom. The molecular weight excluding hydrogens is 421 g/mol. The number of pyridine rings is 1. The van der Waals surface area contributed by atoms with Crippen molar-refractivity contribution in [3.05, 3.63) is 22.6 Å². The number of urea groups is 1. The van der Waals surface area contributed by atoms with Gasteiger partial charge in [0.2, 0.25) is 5.88 Å². The Hall–Kier alpha value is -2.56. The zero-order chi connectivity index (χ0) is 21.5. The molecule has 11 heteroatoms. The molecule has 2 aliphatic rings. The first-order valence-electron chi connectivity index (χ1n) is 9.67. The Balaban J connectivity index is 1.53. The van der Waals surface area contributed by atoms with E-state index in [1.807, 2.05) is 0 Å². The number of likely N-dealkylation sites (tertiary alicyclic amines) is 1. The summed E-state index contributed by atoms with van der Waals surface area (Å²) >= 11 is 0.820. The van der Waals surface area contributed by atoms with Gasteiger partial charge in [-0.25, -0.2) is 9.78 Å². The molecule has 4 rings (SSSR count). The van der Waals surface area contributed by atoms with E-state index < -0.39 is 23.8 Å². The maximum atomic E-state index is 13.6. The molecule has 30 heavy (non-hydrogen) atoms. The number of hydrogen-bond acceptors (Lipinski definition) is 5. The molecule has 1 unspecified atom stereocenters. The minimum atomic E-state index is -4.62. The van der Waals surface area contributed by atoms with Crippen LogP contribution in [0.25, 0.3) is 10.2 Å². The molecule has 2 aromatic rings. The van der Waals surface area contributed by atoms with Crippen LogP contribution in [0.15, 0.2) is 11.4 Å². The Kier molecular flexibility index (Phi) is 5.48. The molecule has 3 heterocycles. The van der Waals surface area contributed by atoms with Crippen LogP contribution in [-0.2, 0) is 6.18 Å². The summed E-state index contributed by atoms with van der Waals surface area (Å²) in [5.41, 5.74) is -0.859. The highest BCUT2D eigenvalue weighted by Gasteiger charge is 2.36. The van der Waals surface area contributed by atoms with Gasteiger partial charge in [-0.2, -0.15) is 13.2 Å². The average molecular weight is 442 g/mol. The summed E-state index contributed by atoms with van der Waals surface area (Å²) in [5, 5.41) is 6.64. The van der Waals surface area contributed by atoms with Gasteiger partial charge in [-0.05, 0) is 18.8 Å². The van der Waals surface area contributed by atoms with Crippen LogP contribution in [0.1, 0.15) is 35.2 Å². The summed E-state index contributed by atoms with van der Waals surface area (Å²) in [6.07, 6.45) is -2.34. The lowest BCUT2D eigenvalue weighted by Crippen LogP contribution is -2.40. The van der Waals surface area contributed by atoms with E-state index in [2.05, 4.69) is 15.6 Å². The predicted octanol–water partition coefficient (Wildman–Crippen LogP) is 3.25. The van der Waals surface area contributed by atoms with E-state index in [1.54, 1.807) is 4.90 Å². The van der Waals surface area contributed by atoms with Crippen molar-refractivity contribution in [3.8, 4) is 5.88 Å². The molecular formula is C19H21F3N4O3S. The molecule has 1 aliphatic carbocycles. The first-order chi connectivity index (χ1) is 14.3. The largest absolute Gasteiger partial charge is 0.472 e. The van der Waals surface area contributed by atoms with Crippen molar-refractivity contribution in [1.82, 2.24) is 20.5 Å². The third kappa shape index (κ3) is 4.30. The molecule has 162 valence electrons. The molecule has 1 atom stereocenters. The van der Waals surface area contributed by atoms with E-state index in [-0.39, 0.29) is 34.2 Å². The summed E-state index contributed by atoms with van der Waals surface area (Å²) < 4.78 is 46.4. The van der Waals surface area contributed by atoms with E-state index in [0.29, 0.717) is 25.4 Å². The third-order valence-electron chi connectivity index (χ3n) is 5.23. The molecule has 1 saturated carbocycles. The molecule has 1 saturated heterocycles. The van der Waals surface area contributed by atoms with Gasteiger partial charge in [-0.1, -0.05) is 0 Å². The van der Waals surface area contributed by atoms with Gasteiger partial charge in [0.05, 0.1) is 27.9 Å². The van der Waals surface area contributed by atoms with Crippen LogP contribution >= 0.6 is 11.3 Å². The van der Waals surface area contributed by atoms with Gasteiger partial charge in [0.15, 0.2) is 0 Å². The first-order valence-corrected chi connectivity index (χ1v) is 10.5. The number of nitrogens with zero attached hydrogens (tertiary/aromatic N) is 2. The smallest absolute Gasteiger partial charge is 0.418 e. The SMILES string of the molecule is CNC(=O)c1csc2c(C(F)(F)F)cc(OC3CCN(C(=O)NCC4CC4)C3)nc12. The Bertz CT molecular complexity index is 974. The number of alkyl halides is 3. The van der Waals surface area contributed by atoms with Crippen molar-refractivity contribution < 1.29 is 27.5 Å². The van der Waals surface area contributed by atoms with Gasteiger partial charge in [0, 0.05) is 38.0 Å². The molecule has 0 spiro atoms. The first kappa shape index (κ1) is 20.7. The van der Waals surface area contributed by atoms with E-state index >= 15 is 0 Å². The van der Waals surface area contributed by atoms with E-state index in [1.165, 1.54) is 12.4 Å². The number of nitrogens with one attached hydrogen (secondary N) is 2. The third-order valence-corrected chi connectivity index (χ3v) is 6.24. The van der Waals surface area contributed by atoms with Crippen molar-refractivity contribution in [2.75, 3.05) is 26.7 Å². The number of rotatable bonds is 5. The number of ether oxygens (including phenoxy) is 1. The highest BCUT2D eigenvalue weighted by Crippen LogP contribution is 2.40. The minimum absolute atomic E-state index is 0.0406. The van der Waals surface area contributed by atoms with Crippen molar-refractivity contribution >= 4 is 33.5 Å². The fourth-order valence-corrected chi connectivity index (χ4v) is 4.42. The Morgan fingerprint density at radius 1 is 1.33 bits per heavy atom. The minimum Gasteiger partial charge on any atom is -0.472 e. The Labute approximate surface area is 174 Å². The maximum absolute atomic E-state index is 13.6. The highest BCUT2D eigenvalue weighted by molar-refractivity contribution is 7.17. The summed E-state index contributed by atoms with van der Waals surface area (Å²) in [6, 6.07) is 0.676. The molecule has 2 aromatic heterocycles. The van der Waals surface area contributed by atoms with E-state index in [0.717, 1.165) is 30.2 Å². The summed E-state index contributed by atoms with van der Waals surface area (Å²) in [5.74, 6) is -0.164. The standard InChI is InChI=1S/C19H21F3N4O3S/c1-23-17(27)12-9-30-16-13(19(20,21)22)6-14(25-15(12)16)29-11-4-5-26(8-11)18(28)24-7-10-2-3-10/h6,9-11H,2-5,7-8H2,1H3,(H,23,27)(H,24,28). The average Bonchev–Trinajstić information content (AvgIpc) is 3.25. The number of amides is 3. The number of hydrogen-bond donors (Lipinski definition) is 2. The fraction of sp³-hybridized carbons (Fsp3) is 0.526. The van der Waals surface area contributed by atoms with Crippen molar-refractivity contribution in [2.24, 2.45) is 5.92 Å². The second-order valence-corrected chi connectivity index (χ2v) is 8.40. The fourth-order valence-electron chi connectivity index (χ4n) is 3.40. The summed E-state index contributed by atoms with van der Waals surface area (Å²) in [7, 11) is 1.40. The molecule has 7 nitrogen and oxygen atoms in total. The number of fused-ring (bicyclic) bond motifs is 1. The molecule has 2 fully saturated rings. The number of thiophene rings is 1. The lowest BCUT2D eigenvalue weighted by molar-refractivity contribution is -0.136. The van der Waals surface area contributed by atoms with Crippen LogP contribution in [0.5, 0.6) is 5.88 Å².